The molecule has 2 aromatic rings. The molecule has 0 saturated heterocycles. The first-order valence-corrected chi connectivity index (χ1v) is 14.3. The minimum absolute atomic E-state index is 0.134. The Balaban J connectivity index is 1.83. The molecule has 4 nitrogen and oxygen atoms in total. The van der Waals surface area contributed by atoms with Gasteiger partial charge in [0.1, 0.15) is 11.5 Å². The van der Waals surface area contributed by atoms with Crippen LogP contribution in [0.1, 0.15) is 112 Å². The first kappa shape index (κ1) is 30.0. The van der Waals surface area contributed by atoms with Gasteiger partial charge in [0.15, 0.2) is 0 Å². The van der Waals surface area contributed by atoms with E-state index in [2.05, 4.69) is 19.1 Å². The van der Waals surface area contributed by atoms with Crippen molar-refractivity contribution in [3.8, 4) is 11.5 Å². The lowest BCUT2D eigenvalue weighted by molar-refractivity contribution is 0.0770. The lowest BCUT2D eigenvalue weighted by Crippen LogP contribution is -2.30. The van der Waals surface area contributed by atoms with E-state index in [1.807, 2.05) is 32.9 Å². The number of unbranched alkanes of at least 4 members (excludes halogenated alkanes) is 9. The number of amides is 1. The fourth-order valence-corrected chi connectivity index (χ4v) is 4.74. The zero-order chi connectivity index (χ0) is 26.3. The van der Waals surface area contributed by atoms with E-state index in [0.717, 1.165) is 35.5 Å². The lowest BCUT2D eigenvalue weighted by atomic mass is 9.96. The standard InChI is InChI=1S/C31H46ClNO3/c1-5-8-9-10-11-12-13-14-15-16-21-36-27-19-17-25(18-20-27)22-26-23-28(30(34)29(32)24(26)4)31(35)33(6-2)7-3/h17-20,23,34H,5-16,21-22H2,1-4H3. The molecule has 0 atom stereocenters. The lowest BCUT2D eigenvalue weighted by Gasteiger charge is -2.21. The summed E-state index contributed by atoms with van der Waals surface area (Å²) in [6, 6.07) is 9.91. The quantitative estimate of drug-likeness (QED) is 0.214. The van der Waals surface area contributed by atoms with Gasteiger partial charge in [-0.2, -0.15) is 0 Å². The van der Waals surface area contributed by atoms with Crippen LogP contribution in [0, 0.1) is 6.92 Å². The summed E-state index contributed by atoms with van der Waals surface area (Å²) in [5.41, 5.74) is 3.10. The van der Waals surface area contributed by atoms with Crippen LogP contribution in [0.3, 0.4) is 0 Å². The monoisotopic (exact) mass is 515 g/mol. The third-order valence-corrected chi connectivity index (χ3v) is 7.42. The molecule has 0 aliphatic carbocycles. The van der Waals surface area contributed by atoms with Gasteiger partial charge in [-0.3, -0.25) is 4.79 Å². The van der Waals surface area contributed by atoms with E-state index in [0.29, 0.717) is 19.5 Å². The summed E-state index contributed by atoms with van der Waals surface area (Å²) in [5.74, 6) is 0.550. The maximum atomic E-state index is 12.9. The van der Waals surface area contributed by atoms with Crippen LogP contribution in [0.4, 0.5) is 0 Å². The van der Waals surface area contributed by atoms with Crippen LogP contribution >= 0.6 is 11.6 Å². The van der Waals surface area contributed by atoms with Crippen molar-refractivity contribution in [2.24, 2.45) is 0 Å². The molecular formula is C31H46ClNO3. The van der Waals surface area contributed by atoms with Crippen molar-refractivity contribution in [1.29, 1.82) is 0 Å². The fraction of sp³-hybridized carbons (Fsp3) is 0.581. The van der Waals surface area contributed by atoms with Crippen LogP contribution in [0.15, 0.2) is 30.3 Å². The molecule has 36 heavy (non-hydrogen) atoms. The number of ether oxygens (including phenoxy) is 1. The van der Waals surface area contributed by atoms with Crippen molar-refractivity contribution < 1.29 is 14.6 Å². The summed E-state index contributed by atoms with van der Waals surface area (Å²) < 4.78 is 5.94. The third-order valence-electron chi connectivity index (χ3n) is 6.96. The average Bonchev–Trinajstić information content (AvgIpc) is 2.89. The molecule has 0 aliphatic heterocycles. The highest BCUT2D eigenvalue weighted by Crippen LogP contribution is 2.35. The zero-order valence-electron chi connectivity index (χ0n) is 22.9. The summed E-state index contributed by atoms with van der Waals surface area (Å²) in [7, 11) is 0. The molecular weight excluding hydrogens is 470 g/mol. The molecule has 2 aromatic carbocycles. The Bertz CT molecular complexity index is 922. The first-order chi connectivity index (χ1) is 17.4. The molecule has 0 heterocycles. The van der Waals surface area contributed by atoms with Crippen LogP contribution in [0.5, 0.6) is 11.5 Å². The zero-order valence-corrected chi connectivity index (χ0v) is 23.6. The summed E-state index contributed by atoms with van der Waals surface area (Å²) in [6.45, 7) is 9.91. The summed E-state index contributed by atoms with van der Waals surface area (Å²) in [5, 5.41) is 10.8. The van der Waals surface area contributed by atoms with E-state index in [4.69, 9.17) is 16.3 Å². The number of hydrogen-bond acceptors (Lipinski definition) is 3. The Morgan fingerprint density at radius 1 is 0.889 bits per heavy atom. The number of nitrogens with zero attached hydrogens (tertiary/aromatic N) is 1. The van der Waals surface area contributed by atoms with Gasteiger partial charge in [0, 0.05) is 13.1 Å². The van der Waals surface area contributed by atoms with Gasteiger partial charge in [-0.25, -0.2) is 0 Å². The third kappa shape index (κ3) is 9.35. The highest BCUT2D eigenvalue weighted by Gasteiger charge is 2.22. The number of phenolic OH excluding ortho intramolecular Hbond substituents is 1. The average molecular weight is 516 g/mol. The van der Waals surface area contributed by atoms with Crippen molar-refractivity contribution in [2.75, 3.05) is 19.7 Å². The molecule has 0 spiro atoms. The second-order valence-electron chi connectivity index (χ2n) is 9.70. The fourth-order valence-electron chi connectivity index (χ4n) is 4.52. The SMILES string of the molecule is CCCCCCCCCCCCOc1ccc(Cc2cc(C(=O)N(CC)CC)c(O)c(Cl)c2C)cc1. The second kappa shape index (κ2) is 16.5. The summed E-state index contributed by atoms with van der Waals surface area (Å²) in [4.78, 5) is 14.6. The number of phenols is 1. The molecule has 5 heteroatoms. The predicted octanol–water partition coefficient (Wildman–Crippen LogP) is 8.73. The molecule has 0 unspecified atom stereocenters. The number of rotatable bonds is 17. The van der Waals surface area contributed by atoms with E-state index in [1.165, 1.54) is 57.8 Å². The number of halogens is 1. The molecule has 0 aromatic heterocycles. The molecule has 1 N–H and O–H groups in total. The normalized spacial score (nSPS) is 11.0. The Labute approximate surface area is 224 Å². The number of carbonyl (C=O) groups excluding carboxylic acids is 1. The number of hydrogen-bond donors (Lipinski definition) is 1. The van der Waals surface area contributed by atoms with Crippen molar-refractivity contribution in [3.05, 3.63) is 57.6 Å². The predicted molar refractivity (Wildman–Crippen MR) is 152 cm³/mol. The molecule has 0 bridgehead atoms. The number of aromatic hydroxyl groups is 1. The van der Waals surface area contributed by atoms with Crippen molar-refractivity contribution >= 4 is 17.5 Å². The van der Waals surface area contributed by atoms with E-state index in [-0.39, 0.29) is 22.2 Å². The largest absolute Gasteiger partial charge is 0.506 e. The molecule has 0 aliphatic rings. The molecule has 0 saturated carbocycles. The topological polar surface area (TPSA) is 49.8 Å². The van der Waals surface area contributed by atoms with Crippen molar-refractivity contribution in [1.82, 2.24) is 4.90 Å². The molecule has 1 amide bonds. The van der Waals surface area contributed by atoms with E-state index < -0.39 is 0 Å². The minimum atomic E-state index is -0.198. The smallest absolute Gasteiger partial charge is 0.257 e. The van der Waals surface area contributed by atoms with Gasteiger partial charge in [0.25, 0.3) is 5.91 Å². The molecule has 0 radical (unpaired) electrons. The summed E-state index contributed by atoms with van der Waals surface area (Å²) >= 11 is 6.41. The summed E-state index contributed by atoms with van der Waals surface area (Å²) in [6.07, 6.45) is 13.8. The molecule has 2 rings (SSSR count). The number of carbonyl (C=O) groups is 1. The van der Waals surface area contributed by atoms with Gasteiger partial charge in [0.05, 0.1) is 17.2 Å². The molecule has 200 valence electrons. The van der Waals surface area contributed by atoms with Gasteiger partial charge in [-0.05, 0) is 68.5 Å². The van der Waals surface area contributed by atoms with Crippen LogP contribution in [0.2, 0.25) is 5.02 Å². The maximum Gasteiger partial charge on any atom is 0.257 e. The minimum Gasteiger partial charge on any atom is -0.506 e. The molecule has 0 fully saturated rings. The van der Waals surface area contributed by atoms with Gasteiger partial charge in [0.2, 0.25) is 0 Å². The Morgan fingerprint density at radius 2 is 1.44 bits per heavy atom. The highest BCUT2D eigenvalue weighted by atomic mass is 35.5. The van der Waals surface area contributed by atoms with Gasteiger partial charge in [-0.15, -0.1) is 0 Å². The van der Waals surface area contributed by atoms with E-state index in [9.17, 15) is 9.90 Å². The van der Waals surface area contributed by atoms with Gasteiger partial charge >= 0.3 is 0 Å². The van der Waals surface area contributed by atoms with Gasteiger partial charge < -0.3 is 14.7 Å². The van der Waals surface area contributed by atoms with Crippen molar-refractivity contribution in [2.45, 2.75) is 98.3 Å². The van der Waals surface area contributed by atoms with Crippen LogP contribution < -0.4 is 4.74 Å². The Morgan fingerprint density at radius 3 is 2.00 bits per heavy atom. The van der Waals surface area contributed by atoms with Crippen LogP contribution in [-0.2, 0) is 6.42 Å². The Hall–Kier alpha value is -2.20. The van der Waals surface area contributed by atoms with E-state index in [1.54, 1.807) is 11.0 Å². The van der Waals surface area contributed by atoms with Crippen LogP contribution in [-0.4, -0.2) is 35.6 Å². The second-order valence-corrected chi connectivity index (χ2v) is 10.1. The highest BCUT2D eigenvalue weighted by molar-refractivity contribution is 6.33. The van der Waals surface area contributed by atoms with Gasteiger partial charge in [-0.1, -0.05) is 88.4 Å². The van der Waals surface area contributed by atoms with E-state index >= 15 is 0 Å². The Kier molecular flexibility index (Phi) is 13.8. The first-order valence-electron chi connectivity index (χ1n) is 13.9. The maximum absolute atomic E-state index is 12.9. The number of benzene rings is 2. The van der Waals surface area contributed by atoms with Crippen LogP contribution in [0.25, 0.3) is 0 Å². The van der Waals surface area contributed by atoms with Crippen molar-refractivity contribution in [3.63, 3.8) is 0 Å².